The van der Waals surface area contributed by atoms with Crippen LogP contribution in [0.5, 0.6) is 23.0 Å². The van der Waals surface area contributed by atoms with Crippen LogP contribution in [0, 0.1) is 0 Å². The fourth-order valence-corrected chi connectivity index (χ4v) is 6.91. The fraction of sp³-hybridized carbons (Fsp3) is 0.415. The van der Waals surface area contributed by atoms with Gasteiger partial charge in [0.2, 0.25) is 35.4 Å². The number of benzene rings is 3. The number of carbonyl (C=O) groups excluding carboxylic acids is 6. The molecule has 0 radical (unpaired) electrons. The first-order chi connectivity index (χ1) is 27.0. The van der Waals surface area contributed by atoms with Gasteiger partial charge in [-0.15, -0.1) is 0 Å². The van der Waals surface area contributed by atoms with Crippen LogP contribution in [0.2, 0.25) is 0 Å². The maximum absolute atomic E-state index is 14.7. The van der Waals surface area contributed by atoms with Crippen molar-refractivity contribution < 1.29 is 48.1 Å². The molecule has 0 spiro atoms. The van der Waals surface area contributed by atoms with Crippen molar-refractivity contribution in [1.29, 1.82) is 0 Å². The quantitative estimate of drug-likeness (QED) is 0.300. The second-order valence-corrected chi connectivity index (χ2v) is 14.4. The zero-order chi connectivity index (χ0) is 41.7. The van der Waals surface area contributed by atoms with E-state index in [-0.39, 0.29) is 18.4 Å². The van der Waals surface area contributed by atoms with E-state index in [9.17, 15) is 33.9 Å². The highest BCUT2D eigenvalue weighted by Gasteiger charge is 2.42. The zero-order valence-electron chi connectivity index (χ0n) is 33.3. The van der Waals surface area contributed by atoms with Gasteiger partial charge in [-0.2, -0.15) is 0 Å². The maximum atomic E-state index is 14.7. The number of aliphatic hydroxyl groups is 1. The van der Waals surface area contributed by atoms with Crippen molar-refractivity contribution in [2.75, 3.05) is 35.4 Å². The van der Waals surface area contributed by atoms with Gasteiger partial charge >= 0.3 is 0 Å². The van der Waals surface area contributed by atoms with E-state index in [4.69, 9.17) is 14.2 Å². The van der Waals surface area contributed by atoms with Crippen molar-refractivity contribution >= 4 is 35.4 Å². The first-order valence-electron chi connectivity index (χ1n) is 18.5. The molecule has 7 unspecified atom stereocenters. The lowest BCUT2D eigenvalue weighted by molar-refractivity contribution is -0.153. The highest BCUT2D eigenvalue weighted by Crippen LogP contribution is 2.35. The van der Waals surface area contributed by atoms with E-state index in [2.05, 4.69) is 16.0 Å². The predicted octanol–water partition coefficient (Wildman–Crippen LogP) is 1.34. The average Bonchev–Trinajstić information content (AvgIpc) is 3.20. The van der Waals surface area contributed by atoms with Crippen molar-refractivity contribution in [2.24, 2.45) is 0 Å². The third kappa shape index (κ3) is 9.28. The number of nitrogens with one attached hydrogen (secondary N) is 3. The van der Waals surface area contributed by atoms with Crippen LogP contribution in [0.25, 0.3) is 0 Å². The molecule has 16 heteroatoms. The van der Waals surface area contributed by atoms with E-state index in [0.29, 0.717) is 34.1 Å². The van der Waals surface area contributed by atoms with Crippen molar-refractivity contribution in [3.05, 3.63) is 83.4 Å². The average molecular weight is 787 g/mol. The van der Waals surface area contributed by atoms with Crippen molar-refractivity contribution in [1.82, 2.24) is 30.7 Å². The highest BCUT2D eigenvalue weighted by atomic mass is 16.5. The lowest BCUT2D eigenvalue weighted by Gasteiger charge is -2.38. The van der Waals surface area contributed by atoms with E-state index in [0.717, 1.165) is 9.80 Å². The van der Waals surface area contributed by atoms with E-state index in [1.165, 1.54) is 61.0 Å². The largest absolute Gasteiger partial charge is 0.497 e. The molecule has 3 aliphatic rings. The van der Waals surface area contributed by atoms with Gasteiger partial charge in [0, 0.05) is 34.0 Å². The Labute approximate surface area is 331 Å². The second kappa shape index (κ2) is 17.7. The monoisotopic (exact) mass is 786 g/mol. The van der Waals surface area contributed by atoms with Crippen molar-refractivity contribution in [3.8, 4) is 23.0 Å². The van der Waals surface area contributed by atoms with Crippen LogP contribution in [0.15, 0.2) is 66.7 Å². The summed E-state index contributed by atoms with van der Waals surface area (Å²) in [5.74, 6) is -2.52. The molecular weight excluding hydrogens is 736 g/mol. The SMILES string of the molecule is COc1ccc(CC2C(=O)NC(C)C(=O)N(C)C3C(=O)N(C)C(Cc4ccc(OC)c(c4)Oc4ccc(cc4)C3O)C(=O)NC(C)C(=O)NC(C)C(=O)N2C)cc1. The molecule has 7 atom stereocenters. The standard InChI is InChI=1S/C41H50N6O10/c1-22-36(49)43-23(2)39(52)45(4)30(19-25-9-14-28(55-7)15-10-25)38(51)44-24(3)40(53)47(6)34-35(48)27-12-16-29(17-13-27)57-33-21-26(11-18-32(33)56-8)20-31(37(50)42-22)46(5)41(34)54/h9-18,21-24,30-31,34-35,48H,19-20H2,1-8H3,(H,42,50)(H,43,49)(H,44,51). The molecule has 3 heterocycles. The van der Waals surface area contributed by atoms with Crippen LogP contribution in [-0.2, 0) is 41.6 Å². The van der Waals surface area contributed by atoms with Gasteiger partial charge in [-0.1, -0.05) is 30.3 Å². The molecule has 3 aromatic carbocycles. The molecule has 0 saturated carbocycles. The van der Waals surface area contributed by atoms with Gasteiger partial charge in [-0.3, -0.25) is 28.8 Å². The summed E-state index contributed by atoms with van der Waals surface area (Å²) in [5, 5.41) is 19.9. The predicted molar refractivity (Wildman–Crippen MR) is 207 cm³/mol. The Balaban J connectivity index is 1.60. The first-order valence-corrected chi connectivity index (χ1v) is 18.5. The summed E-state index contributed by atoms with van der Waals surface area (Å²) in [4.78, 5) is 87.9. The van der Waals surface area contributed by atoms with Crippen LogP contribution < -0.4 is 30.2 Å². The minimum Gasteiger partial charge on any atom is -0.497 e. The van der Waals surface area contributed by atoms with E-state index in [1.807, 2.05) is 0 Å². The number of hydrogen-bond acceptors (Lipinski definition) is 10. The van der Waals surface area contributed by atoms with Gasteiger partial charge in [0.1, 0.15) is 53.9 Å². The molecule has 1 fully saturated rings. The Morgan fingerprint density at radius 3 is 1.89 bits per heavy atom. The van der Waals surface area contributed by atoms with E-state index in [1.54, 1.807) is 66.7 Å². The van der Waals surface area contributed by atoms with E-state index < -0.39 is 77.8 Å². The Hall–Kier alpha value is -6.16. The Kier molecular flexibility index (Phi) is 13.1. The van der Waals surface area contributed by atoms with Gasteiger partial charge in [0.25, 0.3) is 0 Å². The molecule has 1 saturated heterocycles. The molecular formula is C41H50N6O10. The lowest BCUT2D eigenvalue weighted by Crippen LogP contribution is -2.62. The Bertz CT molecular complexity index is 1990. The Morgan fingerprint density at radius 1 is 0.684 bits per heavy atom. The van der Waals surface area contributed by atoms with Crippen molar-refractivity contribution in [2.45, 2.75) is 76.0 Å². The third-order valence-corrected chi connectivity index (χ3v) is 10.5. The molecule has 6 rings (SSSR count). The third-order valence-electron chi connectivity index (χ3n) is 10.5. The number of rotatable bonds is 4. The number of likely N-dealkylation sites (N-methyl/N-ethyl adjacent to an activating group) is 3. The molecule has 6 amide bonds. The van der Waals surface area contributed by atoms with Crippen LogP contribution in [0.4, 0.5) is 0 Å². The molecule has 16 nitrogen and oxygen atoms in total. The van der Waals surface area contributed by atoms with E-state index >= 15 is 0 Å². The summed E-state index contributed by atoms with van der Waals surface area (Å²) < 4.78 is 16.9. The van der Waals surface area contributed by atoms with Crippen LogP contribution in [-0.4, -0.2) is 127 Å². The summed E-state index contributed by atoms with van der Waals surface area (Å²) >= 11 is 0. The topological polar surface area (TPSA) is 196 Å². The normalized spacial score (nSPS) is 25.4. The summed E-state index contributed by atoms with van der Waals surface area (Å²) in [6.45, 7) is 4.32. The van der Waals surface area contributed by atoms with Crippen LogP contribution in [0.1, 0.15) is 43.6 Å². The molecule has 0 aromatic heterocycles. The fourth-order valence-electron chi connectivity index (χ4n) is 6.91. The van der Waals surface area contributed by atoms with Crippen LogP contribution >= 0.6 is 0 Å². The number of ether oxygens (including phenoxy) is 3. The lowest BCUT2D eigenvalue weighted by atomic mass is 9.96. The van der Waals surface area contributed by atoms with Crippen molar-refractivity contribution in [3.63, 3.8) is 0 Å². The number of hydrogen-bond donors (Lipinski definition) is 4. The molecule has 3 aromatic rings. The Morgan fingerprint density at radius 2 is 1.28 bits per heavy atom. The first kappa shape index (κ1) is 42.0. The summed E-state index contributed by atoms with van der Waals surface area (Å²) in [6, 6.07) is 10.6. The number of fused-ring (bicyclic) bond motifs is 2. The second-order valence-electron chi connectivity index (χ2n) is 14.4. The number of methoxy groups -OCH3 is 2. The number of nitrogens with zero attached hydrogens (tertiary/aromatic N) is 3. The smallest absolute Gasteiger partial charge is 0.248 e. The number of amides is 6. The molecule has 0 aliphatic carbocycles. The maximum Gasteiger partial charge on any atom is 0.248 e. The zero-order valence-corrected chi connectivity index (χ0v) is 33.3. The summed E-state index contributed by atoms with van der Waals surface area (Å²) in [7, 11) is 7.12. The highest BCUT2D eigenvalue weighted by molar-refractivity contribution is 5.98. The molecule has 4 N–H and O–H groups in total. The minimum absolute atomic E-state index is 0.0311. The van der Waals surface area contributed by atoms with Crippen LogP contribution in [0.3, 0.4) is 0 Å². The molecule has 3 aliphatic heterocycles. The van der Waals surface area contributed by atoms with Gasteiger partial charge in [-0.05, 0) is 73.9 Å². The van der Waals surface area contributed by atoms with Gasteiger partial charge in [0.05, 0.1) is 14.2 Å². The number of aliphatic hydroxyl groups excluding tert-OH is 1. The summed E-state index contributed by atoms with van der Waals surface area (Å²) in [6.07, 6.45) is -1.67. The summed E-state index contributed by atoms with van der Waals surface area (Å²) in [5.41, 5.74) is 1.49. The minimum atomic E-state index is -1.62. The molecule has 57 heavy (non-hydrogen) atoms. The van der Waals surface area contributed by atoms with Gasteiger partial charge in [-0.25, -0.2) is 0 Å². The number of carbonyl (C=O) groups is 6. The molecule has 304 valence electrons. The molecule has 6 bridgehead atoms. The van der Waals surface area contributed by atoms with Gasteiger partial charge in [0.15, 0.2) is 11.5 Å². The van der Waals surface area contributed by atoms with Gasteiger partial charge < -0.3 is 50.0 Å².